The molecule has 3 rings (SSSR count). The second-order valence-electron chi connectivity index (χ2n) is 3.72. The Bertz CT molecular complexity index is 499. The van der Waals surface area contributed by atoms with Gasteiger partial charge >= 0.3 is 0 Å². The molecule has 17 heavy (non-hydrogen) atoms. The van der Waals surface area contributed by atoms with Crippen LogP contribution in [0, 0.1) is 0 Å². The van der Waals surface area contributed by atoms with Crippen LogP contribution in [0.15, 0.2) is 29.8 Å². The van der Waals surface area contributed by atoms with E-state index in [1.165, 1.54) is 5.56 Å². The summed E-state index contributed by atoms with van der Waals surface area (Å²) in [5, 5.41) is 6.43. The molecule has 1 aliphatic heterocycles. The van der Waals surface area contributed by atoms with Crippen molar-refractivity contribution in [2.75, 3.05) is 6.79 Å². The van der Waals surface area contributed by atoms with Crippen molar-refractivity contribution in [1.82, 2.24) is 10.3 Å². The molecule has 1 N–H and O–H groups in total. The van der Waals surface area contributed by atoms with Gasteiger partial charge in [-0.05, 0) is 17.7 Å². The van der Waals surface area contributed by atoms with Gasteiger partial charge in [0, 0.05) is 24.7 Å². The average Bonchev–Trinajstić information content (AvgIpc) is 2.98. The van der Waals surface area contributed by atoms with Crippen LogP contribution < -0.4 is 14.8 Å². The van der Waals surface area contributed by atoms with Crippen LogP contribution in [0.4, 0.5) is 0 Å². The Morgan fingerprint density at radius 2 is 2.18 bits per heavy atom. The molecule has 4 nitrogen and oxygen atoms in total. The maximum Gasteiger partial charge on any atom is 0.231 e. The molecule has 1 aromatic heterocycles. The summed E-state index contributed by atoms with van der Waals surface area (Å²) in [6, 6.07) is 6.00. The summed E-state index contributed by atoms with van der Waals surface area (Å²) >= 11 is 1.66. The number of fused-ring (bicyclic) bond motifs is 1. The van der Waals surface area contributed by atoms with Crippen molar-refractivity contribution in [2.24, 2.45) is 0 Å². The van der Waals surface area contributed by atoms with Crippen LogP contribution in [-0.4, -0.2) is 11.8 Å². The van der Waals surface area contributed by atoms with Crippen molar-refractivity contribution in [2.45, 2.75) is 13.1 Å². The van der Waals surface area contributed by atoms with Crippen molar-refractivity contribution < 1.29 is 9.47 Å². The van der Waals surface area contributed by atoms with Crippen LogP contribution >= 0.6 is 11.3 Å². The number of hydrogen-bond donors (Lipinski definition) is 1. The van der Waals surface area contributed by atoms with Crippen LogP contribution in [0.25, 0.3) is 0 Å². The molecule has 0 amide bonds. The molecule has 2 heterocycles. The van der Waals surface area contributed by atoms with Gasteiger partial charge in [0.15, 0.2) is 11.5 Å². The van der Waals surface area contributed by atoms with E-state index in [9.17, 15) is 0 Å². The molecular formula is C12H12N2O2S. The predicted molar refractivity (Wildman–Crippen MR) is 65.2 cm³/mol. The summed E-state index contributed by atoms with van der Waals surface area (Å²) in [4.78, 5) is 4.22. The number of benzene rings is 1. The zero-order valence-corrected chi connectivity index (χ0v) is 10.00. The minimum absolute atomic E-state index is 0.325. The zero-order valence-electron chi connectivity index (χ0n) is 9.18. The highest BCUT2D eigenvalue weighted by Crippen LogP contribution is 2.32. The van der Waals surface area contributed by atoms with Crippen LogP contribution in [0.1, 0.15) is 10.6 Å². The molecule has 1 aromatic carbocycles. The van der Waals surface area contributed by atoms with Gasteiger partial charge < -0.3 is 14.8 Å². The molecule has 0 aliphatic carbocycles. The molecule has 88 valence electrons. The number of thiazole rings is 1. The molecule has 0 saturated heterocycles. The SMILES string of the molecule is c1csc(CNCc2ccc3c(c2)OCO3)n1. The van der Waals surface area contributed by atoms with Crippen molar-refractivity contribution in [3.8, 4) is 11.5 Å². The van der Waals surface area contributed by atoms with E-state index >= 15 is 0 Å². The van der Waals surface area contributed by atoms with E-state index in [0.717, 1.165) is 29.6 Å². The Kier molecular flexibility index (Phi) is 2.94. The Hall–Kier alpha value is -1.59. The fraction of sp³-hybridized carbons (Fsp3) is 0.250. The zero-order chi connectivity index (χ0) is 11.5. The minimum Gasteiger partial charge on any atom is -0.454 e. The first-order chi connectivity index (χ1) is 8.42. The lowest BCUT2D eigenvalue weighted by Crippen LogP contribution is -2.12. The number of nitrogens with zero attached hydrogens (tertiary/aromatic N) is 1. The number of aromatic nitrogens is 1. The highest BCUT2D eigenvalue weighted by molar-refractivity contribution is 7.09. The topological polar surface area (TPSA) is 43.4 Å². The third-order valence-electron chi connectivity index (χ3n) is 2.53. The lowest BCUT2D eigenvalue weighted by molar-refractivity contribution is 0.174. The summed E-state index contributed by atoms with van der Waals surface area (Å²) in [5.41, 5.74) is 1.19. The van der Waals surface area contributed by atoms with Gasteiger partial charge in [-0.3, -0.25) is 0 Å². The van der Waals surface area contributed by atoms with Gasteiger partial charge in [0.05, 0.1) is 0 Å². The first-order valence-electron chi connectivity index (χ1n) is 5.39. The molecule has 1 aliphatic rings. The van der Waals surface area contributed by atoms with Gasteiger partial charge in [0.2, 0.25) is 6.79 Å². The molecule has 5 heteroatoms. The highest BCUT2D eigenvalue weighted by Gasteiger charge is 2.12. The standard InChI is InChI=1S/C12H12N2O2S/c1-2-10-11(16-8-15-10)5-9(1)6-13-7-12-14-3-4-17-12/h1-5,13H,6-8H2. The molecule has 0 fully saturated rings. The normalized spacial score (nSPS) is 12.9. The maximum absolute atomic E-state index is 5.33. The quantitative estimate of drug-likeness (QED) is 0.900. The molecule has 0 saturated carbocycles. The van der Waals surface area contributed by atoms with E-state index < -0.39 is 0 Å². The fourth-order valence-corrected chi connectivity index (χ4v) is 2.29. The molecule has 0 radical (unpaired) electrons. The summed E-state index contributed by atoms with van der Waals surface area (Å²) in [7, 11) is 0. The Morgan fingerprint density at radius 3 is 3.06 bits per heavy atom. The number of rotatable bonds is 4. The van der Waals surface area contributed by atoms with E-state index in [4.69, 9.17) is 9.47 Å². The average molecular weight is 248 g/mol. The van der Waals surface area contributed by atoms with Gasteiger partial charge in [-0.25, -0.2) is 4.98 Å². The number of hydrogen-bond acceptors (Lipinski definition) is 5. The summed E-state index contributed by atoms with van der Waals surface area (Å²) in [6.45, 7) is 1.92. The molecule has 2 aromatic rings. The maximum atomic E-state index is 5.33. The van der Waals surface area contributed by atoms with Crippen LogP contribution in [0.5, 0.6) is 11.5 Å². The number of ether oxygens (including phenoxy) is 2. The van der Waals surface area contributed by atoms with Gasteiger partial charge in [-0.15, -0.1) is 11.3 Å². The van der Waals surface area contributed by atoms with Crippen LogP contribution in [-0.2, 0) is 13.1 Å². The van der Waals surface area contributed by atoms with Gasteiger partial charge in [-0.1, -0.05) is 6.07 Å². The Morgan fingerprint density at radius 1 is 1.24 bits per heavy atom. The van der Waals surface area contributed by atoms with E-state index in [1.807, 2.05) is 29.8 Å². The van der Waals surface area contributed by atoms with Gasteiger partial charge in [-0.2, -0.15) is 0 Å². The summed E-state index contributed by atoms with van der Waals surface area (Å²) < 4.78 is 10.6. The molecule has 0 spiro atoms. The molecule has 0 bridgehead atoms. The lowest BCUT2D eigenvalue weighted by atomic mass is 10.2. The second-order valence-corrected chi connectivity index (χ2v) is 4.70. The third-order valence-corrected chi connectivity index (χ3v) is 3.31. The van der Waals surface area contributed by atoms with E-state index in [1.54, 1.807) is 11.3 Å². The van der Waals surface area contributed by atoms with Crippen molar-refractivity contribution >= 4 is 11.3 Å². The lowest BCUT2D eigenvalue weighted by Gasteiger charge is -2.04. The monoisotopic (exact) mass is 248 g/mol. The van der Waals surface area contributed by atoms with Crippen molar-refractivity contribution in [3.05, 3.63) is 40.3 Å². The third kappa shape index (κ3) is 2.40. The highest BCUT2D eigenvalue weighted by atomic mass is 32.1. The van der Waals surface area contributed by atoms with E-state index in [0.29, 0.717) is 6.79 Å². The smallest absolute Gasteiger partial charge is 0.231 e. The molecule has 0 unspecified atom stereocenters. The molecule has 0 atom stereocenters. The first kappa shape index (κ1) is 10.6. The van der Waals surface area contributed by atoms with Crippen LogP contribution in [0.2, 0.25) is 0 Å². The van der Waals surface area contributed by atoms with Crippen molar-refractivity contribution in [3.63, 3.8) is 0 Å². The number of nitrogens with one attached hydrogen (secondary N) is 1. The van der Waals surface area contributed by atoms with Crippen LogP contribution in [0.3, 0.4) is 0 Å². The van der Waals surface area contributed by atoms with E-state index in [2.05, 4.69) is 10.3 Å². The minimum atomic E-state index is 0.325. The van der Waals surface area contributed by atoms with Crippen molar-refractivity contribution in [1.29, 1.82) is 0 Å². The Labute approximate surface area is 103 Å². The Balaban J connectivity index is 1.58. The second kappa shape index (κ2) is 4.73. The van der Waals surface area contributed by atoms with Gasteiger partial charge in [0.25, 0.3) is 0 Å². The summed E-state index contributed by atoms with van der Waals surface area (Å²) in [6.07, 6.45) is 1.82. The molecular weight excluding hydrogens is 236 g/mol. The summed E-state index contributed by atoms with van der Waals surface area (Å²) in [5.74, 6) is 1.66. The van der Waals surface area contributed by atoms with Gasteiger partial charge in [0.1, 0.15) is 5.01 Å². The van der Waals surface area contributed by atoms with E-state index in [-0.39, 0.29) is 0 Å². The first-order valence-corrected chi connectivity index (χ1v) is 6.27. The fourth-order valence-electron chi connectivity index (χ4n) is 1.70. The predicted octanol–water partition coefficient (Wildman–Crippen LogP) is 2.16. The largest absolute Gasteiger partial charge is 0.454 e.